The van der Waals surface area contributed by atoms with Crippen molar-refractivity contribution < 1.29 is 4.79 Å². The van der Waals surface area contributed by atoms with E-state index in [0.29, 0.717) is 30.0 Å². The van der Waals surface area contributed by atoms with Crippen LogP contribution in [0.15, 0.2) is 97.1 Å². The van der Waals surface area contributed by atoms with E-state index in [2.05, 4.69) is 42.8 Å². The van der Waals surface area contributed by atoms with Crippen LogP contribution in [-0.2, 0) is 13.1 Å². The maximum absolute atomic E-state index is 13.2. The van der Waals surface area contributed by atoms with Crippen molar-refractivity contribution in [1.82, 2.24) is 15.3 Å². The van der Waals surface area contributed by atoms with Gasteiger partial charge in [0.1, 0.15) is 0 Å². The number of fused-ring (bicyclic) bond motifs is 1. The van der Waals surface area contributed by atoms with E-state index in [4.69, 9.17) is 15.7 Å². The smallest absolute Gasteiger partial charge is 0.255 e. The molecule has 0 fully saturated rings. The van der Waals surface area contributed by atoms with Gasteiger partial charge in [-0.25, -0.2) is 9.97 Å². The van der Waals surface area contributed by atoms with E-state index < -0.39 is 0 Å². The number of hydrogen-bond donors (Lipinski definition) is 4. The highest BCUT2D eigenvalue weighted by Crippen LogP contribution is 2.28. The number of carbonyl (C=O) groups excluding carboxylic acids is 1. The van der Waals surface area contributed by atoms with Crippen LogP contribution in [0.25, 0.3) is 22.2 Å². The molecule has 5 N–H and O–H groups in total. The second-order valence-electron chi connectivity index (χ2n) is 10.5. The Bertz CT molecular complexity index is 1630. The minimum atomic E-state index is -0.194. The molecule has 0 spiro atoms. The lowest BCUT2D eigenvalue weighted by atomic mass is 10.0. The highest BCUT2D eigenvalue weighted by Gasteiger charge is 2.13. The highest BCUT2D eigenvalue weighted by molar-refractivity contribution is 6.05. The molecule has 4 aromatic carbocycles. The first kappa shape index (κ1) is 28.0. The predicted octanol–water partition coefficient (Wildman–Crippen LogP) is 6.89. The number of amides is 1. The summed E-state index contributed by atoms with van der Waals surface area (Å²) in [5.74, 6) is 0.832. The predicted molar refractivity (Wildman–Crippen MR) is 168 cm³/mol. The summed E-state index contributed by atoms with van der Waals surface area (Å²) < 4.78 is 0. The third-order valence-electron chi connectivity index (χ3n) is 7.32. The van der Waals surface area contributed by atoms with Crippen LogP contribution in [0.2, 0.25) is 0 Å². The Morgan fingerprint density at radius 2 is 1.59 bits per heavy atom. The van der Waals surface area contributed by atoms with Crippen molar-refractivity contribution in [1.29, 1.82) is 0 Å². The fraction of sp³-hybridized carbons (Fsp3) is 0.206. The molecule has 208 valence electrons. The summed E-state index contributed by atoms with van der Waals surface area (Å²) in [7, 11) is 0. The third-order valence-corrected chi connectivity index (χ3v) is 7.32. The molecule has 0 aliphatic rings. The molecule has 5 rings (SSSR count). The normalized spacial score (nSPS) is 11.9. The average molecular weight is 545 g/mol. The van der Waals surface area contributed by atoms with Gasteiger partial charge in [0.15, 0.2) is 0 Å². The Morgan fingerprint density at radius 1 is 0.854 bits per heavy atom. The maximum atomic E-state index is 13.2. The summed E-state index contributed by atoms with van der Waals surface area (Å²) >= 11 is 0. The first-order chi connectivity index (χ1) is 19.9. The van der Waals surface area contributed by atoms with Gasteiger partial charge in [-0.05, 0) is 60.4 Å². The lowest BCUT2D eigenvalue weighted by Crippen LogP contribution is -2.30. The molecular weight excluding hydrogens is 508 g/mol. The fourth-order valence-corrected chi connectivity index (χ4v) is 4.52. The van der Waals surface area contributed by atoms with Gasteiger partial charge >= 0.3 is 0 Å². The monoisotopic (exact) mass is 544 g/mol. The lowest BCUT2D eigenvalue weighted by molar-refractivity contribution is 0.102. The standard InChI is InChI=1S/C34H36N6O/c1-22(2)23(3)36-21-24-13-14-27(20-35)31(19-24)38-33(41)26-15-17-28(18-16-26)37-34-39-30-12-8-7-11-29(30)32(40-34)25-9-5-4-6-10-25/h4-19,22-23,36H,20-21,35H2,1-3H3,(H,38,41)(H,37,39,40). The summed E-state index contributed by atoms with van der Waals surface area (Å²) in [5.41, 5.74) is 12.7. The lowest BCUT2D eigenvalue weighted by Gasteiger charge is -2.18. The summed E-state index contributed by atoms with van der Waals surface area (Å²) in [4.78, 5) is 22.7. The summed E-state index contributed by atoms with van der Waals surface area (Å²) in [6.07, 6.45) is 0. The molecule has 0 saturated carbocycles. The van der Waals surface area contributed by atoms with Gasteiger partial charge in [-0.3, -0.25) is 4.79 Å². The summed E-state index contributed by atoms with van der Waals surface area (Å²) in [5, 5.41) is 10.9. The molecule has 0 aliphatic carbocycles. The molecule has 1 aromatic heterocycles. The summed E-state index contributed by atoms with van der Waals surface area (Å²) in [6, 6.07) is 31.7. The number of nitrogens with zero attached hydrogens (tertiary/aromatic N) is 2. The second kappa shape index (κ2) is 12.7. The molecular formula is C34H36N6O. The van der Waals surface area contributed by atoms with E-state index in [-0.39, 0.29) is 5.91 Å². The highest BCUT2D eigenvalue weighted by atomic mass is 16.1. The molecule has 5 aromatic rings. The molecule has 7 heteroatoms. The molecule has 41 heavy (non-hydrogen) atoms. The van der Waals surface area contributed by atoms with Crippen molar-refractivity contribution in [3.8, 4) is 11.3 Å². The van der Waals surface area contributed by atoms with Gasteiger partial charge in [0, 0.05) is 47.0 Å². The Balaban J connectivity index is 1.31. The van der Waals surface area contributed by atoms with E-state index in [1.807, 2.05) is 78.9 Å². The number of para-hydroxylation sites is 1. The Hall–Kier alpha value is -4.59. The Labute approximate surface area is 241 Å². The first-order valence-corrected chi connectivity index (χ1v) is 14.0. The van der Waals surface area contributed by atoms with E-state index in [1.54, 1.807) is 12.1 Å². The number of benzene rings is 4. The van der Waals surface area contributed by atoms with Crippen LogP contribution in [0.3, 0.4) is 0 Å². The van der Waals surface area contributed by atoms with Gasteiger partial charge < -0.3 is 21.7 Å². The second-order valence-corrected chi connectivity index (χ2v) is 10.5. The molecule has 0 saturated heterocycles. The topological polar surface area (TPSA) is 105 Å². The number of carbonyl (C=O) groups is 1. The SMILES string of the molecule is CC(C)C(C)NCc1ccc(CN)c(NC(=O)c2ccc(Nc3nc(-c4ccccc4)c4ccccc4n3)cc2)c1. The summed E-state index contributed by atoms with van der Waals surface area (Å²) in [6.45, 7) is 7.62. The maximum Gasteiger partial charge on any atom is 0.255 e. The van der Waals surface area contributed by atoms with Gasteiger partial charge in [0.25, 0.3) is 5.91 Å². The largest absolute Gasteiger partial charge is 0.326 e. The van der Waals surface area contributed by atoms with Crippen LogP contribution >= 0.6 is 0 Å². The zero-order valence-electron chi connectivity index (χ0n) is 23.7. The van der Waals surface area contributed by atoms with E-state index in [0.717, 1.165) is 51.2 Å². The van der Waals surface area contributed by atoms with Crippen molar-refractivity contribution >= 4 is 34.1 Å². The van der Waals surface area contributed by atoms with Gasteiger partial charge in [-0.1, -0.05) is 74.5 Å². The third kappa shape index (κ3) is 6.77. The van der Waals surface area contributed by atoms with Crippen LogP contribution in [0.4, 0.5) is 17.3 Å². The molecule has 0 radical (unpaired) electrons. The quantitative estimate of drug-likeness (QED) is 0.153. The van der Waals surface area contributed by atoms with E-state index in [9.17, 15) is 4.79 Å². The van der Waals surface area contributed by atoms with Gasteiger partial charge in [0.2, 0.25) is 5.95 Å². The molecule has 1 atom stereocenters. The number of hydrogen-bond acceptors (Lipinski definition) is 6. The molecule has 1 heterocycles. The van der Waals surface area contributed by atoms with Crippen molar-refractivity contribution in [3.05, 3.63) is 114 Å². The van der Waals surface area contributed by atoms with Gasteiger partial charge in [-0.15, -0.1) is 0 Å². The van der Waals surface area contributed by atoms with Crippen molar-refractivity contribution in [2.75, 3.05) is 10.6 Å². The fourth-order valence-electron chi connectivity index (χ4n) is 4.52. The molecule has 0 bridgehead atoms. The number of rotatable bonds is 10. The number of nitrogens with one attached hydrogen (secondary N) is 3. The minimum absolute atomic E-state index is 0.194. The van der Waals surface area contributed by atoms with Crippen molar-refractivity contribution in [2.24, 2.45) is 11.7 Å². The van der Waals surface area contributed by atoms with Gasteiger partial charge in [-0.2, -0.15) is 0 Å². The molecule has 1 unspecified atom stereocenters. The van der Waals surface area contributed by atoms with E-state index >= 15 is 0 Å². The van der Waals surface area contributed by atoms with Crippen molar-refractivity contribution in [3.63, 3.8) is 0 Å². The van der Waals surface area contributed by atoms with E-state index in [1.165, 1.54) is 0 Å². The van der Waals surface area contributed by atoms with Crippen LogP contribution in [0, 0.1) is 5.92 Å². The molecule has 0 aliphatic heterocycles. The zero-order valence-corrected chi connectivity index (χ0v) is 23.7. The zero-order chi connectivity index (χ0) is 28.8. The van der Waals surface area contributed by atoms with Crippen LogP contribution in [0.5, 0.6) is 0 Å². The Morgan fingerprint density at radius 3 is 2.32 bits per heavy atom. The van der Waals surface area contributed by atoms with Crippen LogP contribution < -0.4 is 21.7 Å². The Kier molecular flexibility index (Phi) is 8.67. The van der Waals surface area contributed by atoms with Crippen molar-refractivity contribution in [2.45, 2.75) is 39.9 Å². The number of aromatic nitrogens is 2. The minimum Gasteiger partial charge on any atom is -0.326 e. The molecule has 7 nitrogen and oxygen atoms in total. The first-order valence-electron chi connectivity index (χ1n) is 14.0. The number of nitrogens with two attached hydrogens (primary N) is 1. The van der Waals surface area contributed by atoms with Crippen LogP contribution in [-0.4, -0.2) is 21.9 Å². The molecule has 1 amide bonds. The van der Waals surface area contributed by atoms with Gasteiger partial charge in [0.05, 0.1) is 11.2 Å². The van der Waals surface area contributed by atoms with Crippen LogP contribution in [0.1, 0.15) is 42.3 Å². The average Bonchev–Trinajstić information content (AvgIpc) is 3.00. The number of anilines is 3.